The maximum atomic E-state index is 13.0. The summed E-state index contributed by atoms with van der Waals surface area (Å²) in [5.41, 5.74) is 2.01. The number of anilines is 2. The van der Waals surface area contributed by atoms with Crippen LogP contribution in [0.1, 0.15) is 18.5 Å². The molecular weight excluding hydrogens is 354 g/mol. The molecule has 8 nitrogen and oxygen atoms in total. The summed E-state index contributed by atoms with van der Waals surface area (Å²) in [5, 5.41) is 18.2. The number of hydrogen-bond donors (Lipinski definition) is 2. The van der Waals surface area contributed by atoms with Crippen LogP contribution in [0.5, 0.6) is 0 Å². The zero-order valence-corrected chi connectivity index (χ0v) is 14.5. The Balaban J connectivity index is 1.77. The molecule has 130 valence electrons. The van der Waals surface area contributed by atoms with Gasteiger partial charge in [-0.2, -0.15) is 4.68 Å². The summed E-state index contributed by atoms with van der Waals surface area (Å²) < 4.78 is 1.57. The normalized spacial score (nSPS) is 16.0. The number of halogens is 1. The van der Waals surface area contributed by atoms with Crippen molar-refractivity contribution in [2.75, 3.05) is 10.6 Å². The van der Waals surface area contributed by atoms with Gasteiger partial charge in [0.25, 0.3) is 5.91 Å². The van der Waals surface area contributed by atoms with E-state index in [0.717, 1.165) is 5.56 Å². The topological polar surface area (TPSA) is 97.6 Å². The molecule has 1 aliphatic rings. The van der Waals surface area contributed by atoms with E-state index in [1.165, 1.54) is 0 Å². The summed E-state index contributed by atoms with van der Waals surface area (Å²) in [5.74, 6) is 0.654. The standard InChI is InChI=1S/C17H14ClN7O/c1-10-14(16(26)21-13-4-2-3-9-19-13)15(11-5-7-12(18)8-6-11)25-17(20-10)22-23-24-25/h2-9,15H,1H3,(H,19,21,26)(H,20,22,24)/t15-/m1/s1. The van der Waals surface area contributed by atoms with E-state index in [1.54, 1.807) is 41.2 Å². The minimum atomic E-state index is -0.484. The molecule has 2 N–H and O–H groups in total. The van der Waals surface area contributed by atoms with Crippen LogP contribution in [0.15, 0.2) is 59.9 Å². The fraction of sp³-hybridized carbons (Fsp3) is 0.118. The van der Waals surface area contributed by atoms with Crippen molar-refractivity contribution < 1.29 is 4.79 Å². The van der Waals surface area contributed by atoms with Crippen LogP contribution in [0.2, 0.25) is 5.02 Å². The first-order valence-electron chi connectivity index (χ1n) is 7.87. The zero-order valence-electron chi connectivity index (χ0n) is 13.7. The number of rotatable bonds is 3. The number of tetrazole rings is 1. The van der Waals surface area contributed by atoms with Gasteiger partial charge in [0.1, 0.15) is 11.9 Å². The Bertz CT molecular complexity index is 982. The Labute approximate surface area is 153 Å². The fourth-order valence-corrected chi connectivity index (χ4v) is 3.01. The van der Waals surface area contributed by atoms with Crippen molar-refractivity contribution in [1.82, 2.24) is 25.2 Å². The Morgan fingerprint density at radius 3 is 2.77 bits per heavy atom. The first-order chi connectivity index (χ1) is 12.6. The molecule has 4 rings (SSSR count). The van der Waals surface area contributed by atoms with Gasteiger partial charge in [-0.15, -0.1) is 0 Å². The van der Waals surface area contributed by atoms with E-state index in [1.807, 2.05) is 19.1 Å². The quantitative estimate of drug-likeness (QED) is 0.738. The van der Waals surface area contributed by atoms with Gasteiger partial charge in [-0.05, 0) is 47.2 Å². The third-order valence-electron chi connectivity index (χ3n) is 4.05. The molecule has 1 aromatic carbocycles. The van der Waals surface area contributed by atoms with Gasteiger partial charge in [0.05, 0.1) is 5.57 Å². The number of fused-ring (bicyclic) bond motifs is 1. The second-order valence-corrected chi connectivity index (χ2v) is 6.17. The first kappa shape index (κ1) is 16.2. The first-order valence-corrected chi connectivity index (χ1v) is 8.25. The summed E-state index contributed by atoms with van der Waals surface area (Å²) in [6, 6.07) is 12.1. The Hall–Kier alpha value is -3.26. The predicted octanol–water partition coefficient (Wildman–Crippen LogP) is 2.65. The van der Waals surface area contributed by atoms with E-state index in [4.69, 9.17) is 11.6 Å². The number of amides is 1. The van der Waals surface area contributed by atoms with E-state index in [2.05, 4.69) is 31.1 Å². The highest BCUT2D eigenvalue weighted by atomic mass is 35.5. The summed E-state index contributed by atoms with van der Waals surface area (Å²) in [4.78, 5) is 17.1. The average molecular weight is 368 g/mol. The van der Waals surface area contributed by atoms with Crippen molar-refractivity contribution >= 4 is 29.3 Å². The lowest BCUT2D eigenvalue weighted by molar-refractivity contribution is -0.113. The van der Waals surface area contributed by atoms with Crippen molar-refractivity contribution in [3.8, 4) is 0 Å². The fourth-order valence-electron chi connectivity index (χ4n) is 2.88. The number of carbonyl (C=O) groups excluding carboxylic acids is 1. The Morgan fingerprint density at radius 1 is 1.23 bits per heavy atom. The monoisotopic (exact) mass is 367 g/mol. The maximum absolute atomic E-state index is 13.0. The molecule has 1 amide bonds. The lowest BCUT2D eigenvalue weighted by Crippen LogP contribution is -2.31. The Kier molecular flexibility index (Phi) is 4.10. The van der Waals surface area contributed by atoms with Gasteiger partial charge in [0.15, 0.2) is 0 Å². The molecule has 3 heterocycles. The molecule has 1 atom stereocenters. The summed E-state index contributed by atoms with van der Waals surface area (Å²) in [6.07, 6.45) is 1.62. The van der Waals surface area contributed by atoms with Crippen LogP contribution in [0.4, 0.5) is 11.8 Å². The van der Waals surface area contributed by atoms with Crippen LogP contribution < -0.4 is 10.6 Å². The van der Waals surface area contributed by atoms with Gasteiger partial charge in [-0.1, -0.05) is 34.9 Å². The van der Waals surface area contributed by atoms with E-state index < -0.39 is 6.04 Å². The molecule has 1 aliphatic heterocycles. The number of allylic oxidation sites excluding steroid dienone is 1. The molecule has 0 spiro atoms. The van der Waals surface area contributed by atoms with Crippen molar-refractivity contribution in [3.05, 3.63) is 70.5 Å². The van der Waals surface area contributed by atoms with Crippen molar-refractivity contribution in [2.45, 2.75) is 13.0 Å². The van der Waals surface area contributed by atoms with Crippen LogP contribution in [0.3, 0.4) is 0 Å². The van der Waals surface area contributed by atoms with Gasteiger partial charge in [-0.3, -0.25) is 4.79 Å². The van der Waals surface area contributed by atoms with Crippen LogP contribution in [-0.4, -0.2) is 31.1 Å². The molecule has 0 aliphatic carbocycles. The smallest absolute Gasteiger partial charge is 0.257 e. The van der Waals surface area contributed by atoms with Crippen molar-refractivity contribution in [3.63, 3.8) is 0 Å². The minimum Gasteiger partial charge on any atom is -0.326 e. The summed E-state index contributed by atoms with van der Waals surface area (Å²) in [6.45, 7) is 1.81. The van der Waals surface area contributed by atoms with E-state index in [0.29, 0.717) is 28.1 Å². The summed E-state index contributed by atoms with van der Waals surface area (Å²) in [7, 11) is 0. The second kappa shape index (κ2) is 6.57. The molecule has 9 heteroatoms. The molecule has 0 saturated carbocycles. The van der Waals surface area contributed by atoms with Gasteiger partial charge in [0.2, 0.25) is 5.95 Å². The van der Waals surface area contributed by atoms with Gasteiger partial charge >= 0.3 is 0 Å². The lowest BCUT2D eigenvalue weighted by atomic mass is 9.95. The van der Waals surface area contributed by atoms with Gasteiger partial charge in [0, 0.05) is 16.9 Å². The molecule has 0 radical (unpaired) electrons. The van der Waals surface area contributed by atoms with E-state index in [-0.39, 0.29) is 5.91 Å². The largest absolute Gasteiger partial charge is 0.326 e. The zero-order chi connectivity index (χ0) is 18.1. The lowest BCUT2D eigenvalue weighted by Gasteiger charge is -2.27. The molecule has 0 fully saturated rings. The van der Waals surface area contributed by atoms with Crippen LogP contribution >= 0.6 is 11.6 Å². The van der Waals surface area contributed by atoms with Crippen molar-refractivity contribution in [1.29, 1.82) is 0 Å². The minimum absolute atomic E-state index is 0.283. The van der Waals surface area contributed by atoms with Crippen LogP contribution in [-0.2, 0) is 4.79 Å². The highest BCUT2D eigenvalue weighted by Gasteiger charge is 2.34. The number of pyridine rings is 1. The molecule has 26 heavy (non-hydrogen) atoms. The number of carbonyl (C=O) groups is 1. The maximum Gasteiger partial charge on any atom is 0.257 e. The second-order valence-electron chi connectivity index (χ2n) is 5.73. The molecule has 3 aromatic rings. The number of hydrogen-bond acceptors (Lipinski definition) is 6. The number of aromatic nitrogens is 5. The highest BCUT2D eigenvalue weighted by Crippen LogP contribution is 2.35. The SMILES string of the molecule is CC1=C(C(=O)Nc2ccccn2)[C@@H](c2ccc(Cl)cc2)n2nnnc2N1. The number of benzene rings is 1. The van der Waals surface area contributed by atoms with E-state index in [9.17, 15) is 4.79 Å². The van der Waals surface area contributed by atoms with Crippen molar-refractivity contribution in [2.24, 2.45) is 0 Å². The number of nitrogens with zero attached hydrogens (tertiary/aromatic N) is 5. The molecular formula is C17H14ClN7O. The predicted molar refractivity (Wildman–Crippen MR) is 96.6 cm³/mol. The third kappa shape index (κ3) is 2.91. The molecule has 2 aromatic heterocycles. The highest BCUT2D eigenvalue weighted by molar-refractivity contribution is 6.30. The average Bonchev–Trinajstić information content (AvgIpc) is 3.10. The molecule has 0 bridgehead atoms. The van der Waals surface area contributed by atoms with Crippen LogP contribution in [0, 0.1) is 0 Å². The van der Waals surface area contributed by atoms with Gasteiger partial charge < -0.3 is 10.6 Å². The Morgan fingerprint density at radius 2 is 2.04 bits per heavy atom. The number of nitrogens with one attached hydrogen (secondary N) is 2. The van der Waals surface area contributed by atoms with E-state index >= 15 is 0 Å². The third-order valence-corrected chi connectivity index (χ3v) is 4.30. The van der Waals surface area contributed by atoms with Crippen LogP contribution in [0.25, 0.3) is 0 Å². The summed E-state index contributed by atoms with van der Waals surface area (Å²) >= 11 is 6.01. The molecule has 0 unspecified atom stereocenters. The van der Waals surface area contributed by atoms with Gasteiger partial charge in [-0.25, -0.2) is 4.98 Å². The molecule has 0 saturated heterocycles.